The molecule has 0 unspecified atom stereocenters. The van der Waals surface area contributed by atoms with Gasteiger partial charge in [0.25, 0.3) is 0 Å². The Kier molecular flexibility index (Phi) is 4.85. The fraction of sp³-hybridized carbons (Fsp3) is 0.556. The van der Waals surface area contributed by atoms with Gasteiger partial charge >= 0.3 is 0 Å². The molecule has 4 rings (SSSR count). The zero-order valence-electron chi connectivity index (χ0n) is 14.1. The van der Waals surface area contributed by atoms with Crippen molar-refractivity contribution in [3.8, 4) is 0 Å². The number of aromatic nitrogens is 1. The van der Waals surface area contributed by atoms with Crippen LogP contribution in [0, 0.1) is 11.7 Å². The molecule has 5 nitrogen and oxygen atoms in total. The summed E-state index contributed by atoms with van der Waals surface area (Å²) in [6, 6.07) is 5.09. The number of nitrogens with zero attached hydrogens (tertiary/aromatic N) is 3. The van der Waals surface area contributed by atoms with E-state index in [4.69, 9.17) is 4.74 Å². The highest BCUT2D eigenvalue weighted by Crippen LogP contribution is 2.33. The third-order valence-corrected chi connectivity index (χ3v) is 6.15. The number of amides is 1. The molecule has 0 spiro atoms. The maximum Gasteiger partial charge on any atom is 0.223 e. The van der Waals surface area contributed by atoms with Gasteiger partial charge in [-0.05, 0) is 30.9 Å². The van der Waals surface area contributed by atoms with Gasteiger partial charge < -0.3 is 14.5 Å². The van der Waals surface area contributed by atoms with Crippen molar-refractivity contribution in [3.63, 3.8) is 0 Å². The number of fused-ring (bicyclic) bond motifs is 1. The van der Waals surface area contributed by atoms with E-state index in [2.05, 4.69) is 9.88 Å². The normalized spacial score (nSPS) is 19.6. The van der Waals surface area contributed by atoms with E-state index in [-0.39, 0.29) is 11.7 Å². The Hall–Kier alpha value is -1.73. The summed E-state index contributed by atoms with van der Waals surface area (Å²) in [6.45, 7) is 4.49. The van der Waals surface area contributed by atoms with Crippen molar-refractivity contribution < 1.29 is 13.9 Å². The number of piperidine rings is 1. The van der Waals surface area contributed by atoms with Crippen molar-refractivity contribution in [1.29, 1.82) is 0 Å². The monoisotopic (exact) mass is 363 g/mol. The van der Waals surface area contributed by atoms with E-state index in [1.54, 1.807) is 17.4 Å². The maximum absolute atomic E-state index is 13.8. The smallest absolute Gasteiger partial charge is 0.223 e. The lowest BCUT2D eigenvalue weighted by Gasteiger charge is -2.33. The van der Waals surface area contributed by atoms with Crippen LogP contribution in [0.4, 0.5) is 9.52 Å². The Bertz CT molecular complexity index is 752. The Morgan fingerprint density at radius 3 is 2.72 bits per heavy atom. The predicted molar refractivity (Wildman–Crippen MR) is 96.5 cm³/mol. The van der Waals surface area contributed by atoms with Gasteiger partial charge in [0.2, 0.25) is 5.91 Å². The number of carbonyl (C=O) groups is 1. The molecule has 1 aromatic carbocycles. The molecule has 0 bridgehead atoms. The second-order valence-corrected chi connectivity index (χ2v) is 7.72. The van der Waals surface area contributed by atoms with Gasteiger partial charge in [0, 0.05) is 32.6 Å². The lowest BCUT2D eigenvalue weighted by molar-refractivity contribution is -0.136. The van der Waals surface area contributed by atoms with Gasteiger partial charge in [-0.25, -0.2) is 9.37 Å². The summed E-state index contributed by atoms with van der Waals surface area (Å²) in [4.78, 5) is 21.0. The zero-order valence-corrected chi connectivity index (χ0v) is 14.9. The van der Waals surface area contributed by atoms with E-state index in [9.17, 15) is 9.18 Å². The van der Waals surface area contributed by atoms with Crippen LogP contribution in [0.25, 0.3) is 10.2 Å². The first kappa shape index (κ1) is 16.7. The number of carbonyl (C=O) groups excluding carboxylic acids is 1. The molecule has 134 valence electrons. The molecule has 0 atom stereocenters. The zero-order chi connectivity index (χ0) is 17.2. The Morgan fingerprint density at radius 2 is 2.00 bits per heavy atom. The third kappa shape index (κ3) is 3.62. The number of para-hydroxylation sites is 1. The number of rotatable bonds is 3. The average molecular weight is 363 g/mol. The molecule has 1 aromatic heterocycles. The Balaban J connectivity index is 1.34. The van der Waals surface area contributed by atoms with Crippen molar-refractivity contribution in [1.82, 2.24) is 9.88 Å². The van der Waals surface area contributed by atoms with Crippen LogP contribution in [0.1, 0.15) is 19.3 Å². The number of benzene rings is 1. The molecule has 25 heavy (non-hydrogen) atoms. The van der Waals surface area contributed by atoms with Gasteiger partial charge in [0.05, 0.1) is 17.9 Å². The van der Waals surface area contributed by atoms with Crippen LogP contribution in [-0.2, 0) is 9.53 Å². The number of anilines is 1. The van der Waals surface area contributed by atoms with E-state index >= 15 is 0 Å². The highest BCUT2D eigenvalue weighted by molar-refractivity contribution is 7.22. The molecule has 0 saturated carbocycles. The molecular formula is C18H22FN3O2S. The Morgan fingerprint density at radius 1 is 1.24 bits per heavy atom. The predicted octanol–water partition coefficient (Wildman–Crippen LogP) is 2.90. The SMILES string of the molecule is O=C(CC1CCN(c2nc3c(F)cccc3s2)CC1)N1CCOCC1. The largest absolute Gasteiger partial charge is 0.378 e. The molecule has 2 aromatic rings. The van der Waals surface area contributed by atoms with Crippen molar-refractivity contribution in [3.05, 3.63) is 24.0 Å². The van der Waals surface area contributed by atoms with E-state index < -0.39 is 0 Å². The lowest BCUT2D eigenvalue weighted by Crippen LogP contribution is -2.42. The van der Waals surface area contributed by atoms with E-state index in [1.807, 2.05) is 11.0 Å². The van der Waals surface area contributed by atoms with Gasteiger partial charge in [-0.1, -0.05) is 17.4 Å². The minimum atomic E-state index is -0.258. The van der Waals surface area contributed by atoms with Crippen LogP contribution in [-0.4, -0.2) is 55.2 Å². The number of hydrogen-bond acceptors (Lipinski definition) is 5. The van der Waals surface area contributed by atoms with Crippen molar-refractivity contribution in [2.75, 3.05) is 44.3 Å². The molecule has 7 heteroatoms. The first-order valence-corrected chi connectivity index (χ1v) is 9.68. The van der Waals surface area contributed by atoms with Gasteiger partial charge in [0.15, 0.2) is 5.13 Å². The molecule has 0 radical (unpaired) electrons. The molecule has 2 aliphatic rings. The van der Waals surface area contributed by atoms with Crippen molar-refractivity contribution in [2.45, 2.75) is 19.3 Å². The quantitative estimate of drug-likeness (QED) is 0.841. The molecular weight excluding hydrogens is 341 g/mol. The van der Waals surface area contributed by atoms with Crippen LogP contribution in [0.3, 0.4) is 0 Å². The standard InChI is InChI=1S/C18H22FN3O2S/c19-14-2-1-3-15-17(14)20-18(25-15)22-6-4-13(5-7-22)12-16(23)21-8-10-24-11-9-21/h1-3,13H,4-12H2. The minimum absolute atomic E-state index is 0.254. The summed E-state index contributed by atoms with van der Waals surface area (Å²) in [5.41, 5.74) is 0.465. The number of hydrogen-bond donors (Lipinski definition) is 0. The van der Waals surface area contributed by atoms with Crippen LogP contribution < -0.4 is 4.90 Å². The summed E-state index contributed by atoms with van der Waals surface area (Å²) in [5, 5.41) is 0.887. The first-order valence-electron chi connectivity index (χ1n) is 8.86. The number of halogens is 1. The second-order valence-electron chi connectivity index (χ2n) is 6.71. The highest BCUT2D eigenvalue weighted by Gasteiger charge is 2.26. The molecule has 2 saturated heterocycles. The van der Waals surface area contributed by atoms with Crippen LogP contribution in [0.2, 0.25) is 0 Å². The third-order valence-electron chi connectivity index (χ3n) is 5.07. The van der Waals surface area contributed by atoms with Crippen molar-refractivity contribution >= 4 is 32.6 Å². The molecule has 3 heterocycles. The molecule has 2 aliphatic heterocycles. The fourth-order valence-electron chi connectivity index (χ4n) is 3.56. The van der Waals surface area contributed by atoms with E-state index in [0.29, 0.717) is 31.1 Å². The highest BCUT2D eigenvalue weighted by atomic mass is 32.1. The maximum atomic E-state index is 13.8. The van der Waals surface area contributed by atoms with Crippen molar-refractivity contribution in [2.24, 2.45) is 5.92 Å². The average Bonchev–Trinajstić information content (AvgIpc) is 3.09. The molecule has 0 aliphatic carbocycles. The topological polar surface area (TPSA) is 45.7 Å². The van der Waals surface area contributed by atoms with Gasteiger partial charge in [-0.3, -0.25) is 4.79 Å². The number of morpholine rings is 1. The molecule has 2 fully saturated rings. The molecule has 1 amide bonds. The van der Waals surface area contributed by atoms with Crippen LogP contribution >= 0.6 is 11.3 Å². The van der Waals surface area contributed by atoms with Gasteiger partial charge in [0.1, 0.15) is 11.3 Å². The van der Waals surface area contributed by atoms with Crippen LogP contribution in [0.15, 0.2) is 18.2 Å². The van der Waals surface area contributed by atoms with E-state index in [0.717, 1.165) is 48.9 Å². The van der Waals surface area contributed by atoms with Crippen LogP contribution in [0.5, 0.6) is 0 Å². The van der Waals surface area contributed by atoms with E-state index in [1.165, 1.54) is 6.07 Å². The first-order chi connectivity index (χ1) is 12.2. The summed E-state index contributed by atoms with van der Waals surface area (Å²) < 4.78 is 20.0. The second kappa shape index (κ2) is 7.25. The number of ether oxygens (including phenoxy) is 1. The summed E-state index contributed by atoms with van der Waals surface area (Å²) in [6.07, 6.45) is 2.59. The van der Waals surface area contributed by atoms with Gasteiger partial charge in [-0.15, -0.1) is 0 Å². The fourth-order valence-corrected chi connectivity index (χ4v) is 4.59. The summed E-state index contributed by atoms with van der Waals surface area (Å²) in [5.74, 6) is 0.424. The lowest BCUT2D eigenvalue weighted by atomic mass is 9.93. The summed E-state index contributed by atoms with van der Waals surface area (Å²) >= 11 is 1.54. The number of thiazole rings is 1. The van der Waals surface area contributed by atoms with Gasteiger partial charge in [-0.2, -0.15) is 0 Å². The Labute approximate surface area is 150 Å². The molecule has 0 N–H and O–H groups in total. The summed E-state index contributed by atoms with van der Waals surface area (Å²) in [7, 11) is 0. The minimum Gasteiger partial charge on any atom is -0.378 e.